The Kier molecular flexibility index (Phi) is 3.09. The molecule has 102 valence electrons. The highest BCUT2D eigenvalue weighted by atomic mass is 16.3. The molecule has 0 radical (unpaired) electrons. The zero-order valence-electron chi connectivity index (χ0n) is 11.5. The topological polar surface area (TPSA) is 40.5 Å². The summed E-state index contributed by atoms with van der Waals surface area (Å²) in [5.74, 6) is 0.135. The Morgan fingerprint density at radius 3 is 2.89 bits per heavy atom. The van der Waals surface area contributed by atoms with Crippen molar-refractivity contribution in [2.45, 2.75) is 44.6 Å². The van der Waals surface area contributed by atoms with Gasteiger partial charge in [-0.05, 0) is 49.3 Å². The summed E-state index contributed by atoms with van der Waals surface area (Å²) in [6.45, 7) is 2.95. The molecular weight excluding hydrogens is 238 g/mol. The van der Waals surface area contributed by atoms with Crippen LogP contribution in [-0.4, -0.2) is 34.6 Å². The van der Waals surface area contributed by atoms with E-state index in [1.165, 1.54) is 24.0 Å². The van der Waals surface area contributed by atoms with Gasteiger partial charge in [0.15, 0.2) is 0 Å². The Balaban J connectivity index is 1.67. The van der Waals surface area contributed by atoms with Gasteiger partial charge in [-0.3, -0.25) is 4.79 Å². The number of carbonyl (C=O) groups is 1. The van der Waals surface area contributed by atoms with Crippen molar-refractivity contribution in [3.8, 4) is 0 Å². The number of hydrogen-bond donors (Lipinski definition) is 1. The summed E-state index contributed by atoms with van der Waals surface area (Å²) in [6, 6.07) is 6.44. The molecule has 1 amide bonds. The van der Waals surface area contributed by atoms with E-state index in [2.05, 4.69) is 18.2 Å². The zero-order chi connectivity index (χ0) is 13.5. The lowest BCUT2D eigenvalue weighted by molar-refractivity contribution is -0.130. The van der Waals surface area contributed by atoms with E-state index in [0.29, 0.717) is 25.9 Å². The molecule has 1 aliphatic carbocycles. The van der Waals surface area contributed by atoms with Crippen LogP contribution in [0, 0.1) is 0 Å². The Labute approximate surface area is 114 Å². The van der Waals surface area contributed by atoms with Gasteiger partial charge in [0, 0.05) is 13.1 Å². The molecule has 3 rings (SSSR count). The van der Waals surface area contributed by atoms with Gasteiger partial charge in [-0.15, -0.1) is 0 Å². The SMILES string of the molecule is CC1(O)CCN(C(=O)Cc2ccc3c(c2)CCC3)C1. The molecule has 1 unspecified atom stereocenters. The molecule has 0 bridgehead atoms. The van der Waals surface area contributed by atoms with Crippen LogP contribution in [0.2, 0.25) is 0 Å². The highest BCUT2D eigenvalue weighted by Gasteiger charge is 2.33. The number of likely N-dealkylation sites (tertiary alicyclic amines) is 1. The third-order valence-electron chi connectivity index (χ3n) is 4.32. The maximum absolute atomic E-state index is 12.2. The van der Waals surface area contributed by atoms with E-state index in [0.717, 1.165) is 12.0 Å². The monoisotopic (exact) mass is 259 g/mol. The number of rotatable bonds is 2. The van der Waals surface area contributed by atoms with Gasteiger partial charge in [0.25, 0.3) is 0 Å². The second kappa shape index (κ2) is 4.64. The van der Waals surface area contributed by atoms with Gasteiger partial charge in [0.05, 0.1) is 12.0 Å². The Bertz CT molecular complexity index is 507. The Hall–Kier alpha value is -1.35. The second-order valence-corrected chi connectivity index (χ2v) is 6.20. The largest absolute Gasteiger partial charge is 0.388 e. The normalized spacial score (nSPS) is 25.7. The van der Waals surface area contributed by atoms with Gasteiger partial charge in [-0.25, -0.2) is 0 Å². The first-order chi connectivity index (χ1) is 9.03. The number of carbonyl (C=O) groups excluding carboxylic acids is 1. The second-order valence-electron chi connectivity index (χ2n) is 6.20. The average molecular weight is 259 g/mol. The fourth-order valence-corrected chi connectivity index (χ4v) is 3.18. The number of benzene rings is 1. The van der Waals surface area contributed by atoms with Crippen LogP contribution < -0.4 is 0 Å². The first-order valence-electron chi connectivity index (χ1n) is 7.14. The van der Waals surface area contributed by atoms with Crippen molar-refractivity contribution in [1.82, 2.24) is 4.90 Å². The van der Waals surface area contributed by atoms with E-state index >= 15 is 0 Å². The van der Waals surface area contributed by atoms with Crippen molar-refractivity contribution in [3.63, 3.8) is 0 Å². The van der Waals surface area contributed by atoms with Crippen LogP contribution in [0.1, 0.15) is 36.5 Å². The van der Waals surface area contributed by atoms with E-state index in [4.69, 9.17) is 0 Å². The lowest BCUT2D eigenvalue weighted by Gasteiger charge is -2.19. The molecule has 1 aromatic carbocycles. The summed E-state index contributed by atoms with van der Waals surface area (Å²) >= 11 is 0. The van der Waals surface area contributed by atoms with E-state index in [1.54, 1.807) is 11.8 Å². The number of aliphatic hydroxyl groups is 1. The van der Waals surface area contributed by atoms with E-state index in [9.17, 15) is 9.90 Å². The molecule has 2 aliphatic rings. The first kappa shape index (κ1) is 12.7. The number of hydrogen-bond acceptors (Lipinski definition) is 2. The third kappa shape index (κ3) is 2.66. The Morgan fingerprint density at radius 2 is 2.16 bits per heavy atom. The van der Waals surface area contributed by atoms with Crippen molar-refractivity contribution in [2.24, 2.45) is 0 Å². The molecule has 1 N–H and O–H groups in total. The van der Waals surface area contributed by atoms with Gasteiger partial charge >= 0.3 is 0 Å². The highest BCUT2D eigenvalue weighted by Crippen LogP contribution is 2.24. The van der Waals surface area contributed by atoms with Crippen molar-refractivity contribution >= 4 is 5.91 Å². The predicted molar refractivity (Wildman–Crippen MR) is 74.0 cm³/mol. The molecule has 0 aromatic heterocycles. The molecule has 1 heterocycles. The average Bonchev–Trinajstić information content (AvgIpc) is 2.94. The number of β-amino-alcohol motifs (C(OH)–C–C–N with tert-alkyl or cyclic N) is 1. The van der Waals surface area contributed by atoms with Crippen molar-refractivity contribution in [1.29, 1.82) is 0 Å². The third-order valence-corrected chi connectivity index (χ3v) is 4.32. The summed E-state index contributed by atoms with van der Waals surface area (Å²) in [7, 11) is 0. The van der Waals surface area contributed by atoms with Crippen LogP contribution >= 0.6 is 0 Å². The van der Waals surface area contributed by atoms with Gasteiger partial charge in [-0.1, -0.05) is 18.2 Å². The molecule has 0 saturated carbocycles. The number of aryl methyl sites for hydroxylation is 2. The number of nitrogens with zero attached hydrogens (tertiary/aromatic N) is 1. The minimum atomic E-state index is -0.701. The fraction of sp³-hybridized carbons (Fsp3) is 0.562. The summed E-state index contributed by atoms with van der Waals surface area (Å²) < 4.78 is 0. The quantitative estimate of drug-likeness (QED) is 0.878. The zero-order valence-corrected chi connectivity index (χ0v) is 11.5. The lowest BCUT2D eigenvalue weighted by Crippen LogP contribution is -2.34. The fourth-order valence-electron chi connectivity index (χ4n) is 3.18. The molecule has 1 aromatic rings. The van der Waals surface area contributed by atoms with Crippen LogP contribution in [0.15, 0.2) is 18.2 Å². The van der Waals surface area contributed by atoms with Crippen LogP contribution in [-0.2, 0) is 24.1 Å². The van der Waals surface area contributed by atoms with Crippen LogP contribution in [0.4, 0.5) is 0 Å². The standard InChI is InChI=1S/C16H21NO2/c1-16(19)7-8-17(11-16)15(18)10-12-5-6-13-3-2-4-14(13)9-12/h5-6,9,19H,2-4,7-8,10-11H2,1H3. The molecule has 1 saturated heterocycles. The van der Waals surface area contributed by atoms with Gasteiger partial charge in [0.1, 0.15) is 0 Å². The number of amides is 1. The summed E-state index contributed by atoms with van der Waals surface area (Å²) in [5, 5.41) is 9.91. The van der Waals surface area contributed by atoms with Gasteiger partial charge in [-0.2, -0.15) is 0 Å². The molecule has 19 heavy (non-hydrogen) atoms. The minimum Gasteiger partial charge on any atom is -0.388 e. The first-order valence-corrected chi connectivity index (χ1v) is 7.14. The predicted octanol–water partition coefficient (Wildman–Crippen LogP) is 1.70. The minimum absolute atomic E-state index is 0.135. The summed E-state index contributed by atoms with van der Waals surface area (Å²) in [4.78, 5) is 14.0. The van der Waals surface area contributed by atoms with Crippen LogP contribution in [0.5, 0.6) is 0 Å². The van der Waals surface area contributed by atoms with Crippen LogP contribution in [0.3, 0.4) is 0 Å². The van der Waals surface area contributed by atoms with Gasteiger partial charge < -0.3 is 10.0 Å². The van der Waals surface area contributed by atoms with Gasteiger partial charge in [0.2, 0.25) is 5.91 Å². The molecular formula is C16H21NO2. The number of fused-ring (bicyclic) bond motifs is 1. The summed E-state index contributed by atoms with van der Waals surface area (Å²) in [6.07, 6.45) is 4.71. The highest BCUT2D eigenvalue weighted by molar-refractivity contribution is 5.79. The van der Waals surface area contributed by atoms with E-state index in [1.807, 2.05) is 0 Å². The molecule has 1 aliphatic heterocycles. The van der Waals surface area contributed by atoms with Crippen molar-refractivity contribution in [2.75, 3.05) is 13.1 Å². The van der Waals surface area contributed by atoms with Crippen molar-refractivity contribution < 1.29 is 9.90 Å². The van der Waals surface area contributed by atoms with Crippen molar-refractivity contribution in [3.05, 3.63) is 34.9 Å². The lowest BCUT2D eigenvalue weighted by atomic mass is 10.0. The van der Waals surface area contributed by atoms with E-state index < -0.39 is 5.60 Å². The molecule has 3 heteroatoms. The smallest absolute Gasteiger partial charge is 0.227 e. The molecule has 1 fully saturated rings. The van der Waals surface area contributed by atoms with Crippen LogP contribution in [0.25, 0.3) is 0 Å². The Morgan fingerprint density at radius 1 is 1.37 bits per heavy atom. The molecule has 0 spiro atoms. The maximum Gasteiger partial charge on any atom is 0.227 e. The van der Waals surface area contributed by atoms with E-state index in [-0.39, 0.29) is 5.91 Å². The summed E-state index contributed by atoms with van der Waals surface area (Å²) in [5.41, 5.74) is 3.27. The molecule has 1 atom stereocenters. The maximum atomic E-state index is 12.2. The molecule has 3 nitrogen and oxygen atoms in total.